The third kappa shape index (κ3) is 5.56. The first kappa shape index (κ1) is 23.5. The Morgan fingerprint density at radius 3 is 2.25 bits per heavy atom. The van der Waals surface area contributed by atoms with Crippen molar-refractivity contribution in [2.45, 2.75) is 53.9 Å². The molecule has 0 saturated heterocycles. The van der Waals surface area contributed by atoms with Gasteiger partial charge in [-0.25, -0.2) is 0 Å². The molecule has 1 N–H and O–H groups in total. The zero-order valence-corrected chi connectivity index (χ0v) is 19.9. The fourth-order valence-electron chi connectivity index (χ4n) is 3.77. The maximum Gasteiger partial charge on any atom is 0.261 e. The second kappa shape index (κ2) is 10.9. The van der Waals surface area contributed by atoms with Gasteiger partial charge in [-0.1, -0.05) is 76.2 Å². The Bertz CT molecular complexity index is 1040. The van der Waals surface area contributed by atoms with Crippen LogP contribution in [0.5, 0.6) is 5.75 Å². The van der Waals surface area contributed by atoms with Crippen molar-refractivity contribution in [2.24, 2.45) is 5.92 Å². The van der Waals surface area contributed by atoms with Crippen LogP contribution < -0.4 is 10.1 Å². The van der Waals surface area contributed by atoms with Crippen LogP contribution in [0.2, 0.25) is 0 Å². The molecular weight excluding hydrogens is 396 g/mol. The Morgan fingerprint density at radius 1 is 1.00 bits per heavy atom. The Kier molecular flexibility index (Phi) is 8.04. The Morgan fingerprint density at radius 2 is 1.66 bits per heavy atom. The molecule has 4 heteroatoms. The van der Waals surface area contributed by atoms with Crippen LogP contribution in [-0.2, 0) is 12.8 Å². The molecule has 1 aromatic heterocycles. The zero-order chi connectivity index (χ0) is 23.1. The van der Waals surface area contributed by atoms with Gasteiger partial charge in [-0.2, -0.15) is 0 Å². The minimum absolute atomic E-state index is 0.188. The first-order valence-electron chi connectivity index (χ1n) is 11.6. The second-order valence-electron chi connectivity index (χ2n) is 8.49. The molecule has 0 aliphatic carbocycles. The summed E-state index contributed by atoms with van der Waals surface area (Å²) in [6, 6.07) is 17.9. The van der Waals surface area contributed by atoms with E-state index in [4.69, 9.17) is 9.72 Å². The highest BCUT2D eigenvalue weighted by Gasteiger charge is 2.23. The molecule has 1 amide bonds. The van der Waals surface area contributed by atoms with Gasteiger partial charge in [-0.15, -0.1) is 0 Å². The van der Waals surface area contributed by atoms with Crippen LogP contribution in [0.25, 0.3) is 11.3 Å². The van der Waals surface area contributed by atoms with Crippen molar-refractivity contribution in [1.29, 1.82) is 0 Å². The number of carbonyl (C=O) groups is 1. The highest BCUT2D eigenvalue weighted by atomic mass is 16.5. The number of carbonyl (C=O) groups excluding carboxylic acids is 1. The number of aromatic nitrogens is 1. The SMILES string of the molecule is CCc1cccc(CC)c1NC(=O)c1c(OCCC(C)C)cc(C)nc1-c1ccccc1. The number of hydrogen-bond donors (Lipinski definition) is 1. The summed E-state index contributed by atoms with van der Waals surface area (Å²) in [5.74, 6) is 0.917. The van der Waals surface area contributed by atoms with Crippen molar-refractivity contribution in [1.82, 2.24) is 4.98 Å². The van der Waals surface area contributed by atoms with Crippen LogP contribution in [-0.4, -0.2) is 17.5 Å². The summed E-state index contributed by atoms with van der Waals surface area (Å²) in [4.78, 5) is 18.5. The summed E-state index contributed by atoms with van der Waals surface area (Å²) in [5.41, 5.74) is 6.00. The van der Waals surface area contributed by atoms with E-state index >= 15 is 0 Å². The quantitative estimate of drug-likeness (QED) is 0.403. The molecule has 0 bridgehead atoms. The highest BCUT2D eigenvalue weighted by molar-refractivity contribution is 6.10. The number of anilines is 1. The molecule has 0 spiro atoms. The number of ether oxygens (including phenoxy) is 1. The normalized spacial score (nSPS) is 10.9. The summed E-state index contributed by atoms with van der Waals surface area (Å²) in [5, 5.41) is 3.21. The van der Waals surface area contributed by atoms with E-state index in [0.29, 0.717) is 29.5 Å². The van der Waals surface area contributed by atoms with Crippen molar-refractivity contribution in [3.05, 3.63) is 77.0 Å². The first-order valence-corrected chi connectivity index (χ1v) is 11.6. The van der Waals surface area contributed by atoms with Crippen molar-refractivity contribution < 1.29 is 9.53 Å². The van der Waals surface area contributed by atoms with E-state index in [2.05, 4.69) is 51.2 Å². The molecule has 3 aromatic rings. The van der Waals surface area contributed by atoms with Gasteiger partial charge < -0.3 is 10.1 Å². The van der Waals surface area contributed by atoms with Gasteiger partial charge in [0.05, 0.1) is 12.3 Å². The van der Waals surface area contributed by atoms with Gasteiger partial charge in [0.2, 0.25) is 0 Å². The van der Waals surface area contributed by atoms with Gasteiger partial charge in [0.15, 0.2) is 0 Å². The molecule has 0 aliphatic rings. The molecule has 0 radical (unpaired) electrons. The minimum atomic E-state index is -0.188. The summed E-state index contributed by atoms with van der Waals surface area (Å²) in [6.07, 6.45) is 2.61. The van der Waals surface area contributed by atoms with E-state index in [-0.39, 0.29) is 5.91 Å². The van der Waals surface area contributed by atoms with Crippen molar-refractivity contribution in [2.75, 3.05) is 11.9 Å². The lowest BCUT2D eigenvalue weighted by Crippen LogP contribution is -2.18. The molecular formula is C28H34N2O2. The molecule has 168 valence electrons. The molecule has 3 rings (SSSR count). The van der Waals surface area contributed by atoms with E-state index in [1.165, 1.54) is 0 Å². The lowest BCUT2D eigenvalue weighted by molar-refractivity contribution is 0.102. The van der Waals surface area contributed by atoms with E-state index in [9.17, 15) is 4.79 Å². The van der Waals surface area contributed by atoms with E-state index < -0.39 is 0 Å². The lowest BCUT2D eigenvalue weighted by Gasteiger charge is -2.19. The number of amides is 1. The van der Waals surface area contributed by atoms with Crippen LogP contribution in [0.4, 0.5) is 5.69 Å². The molecule has 0 fully saturated rings. The van der Waals surface area contributed by atoms with Gasteiger partial charge >= 0.3 is 0 Å². The molecule has 0 saturated carbocycles. The van der Waals surface area contributed by atoms with Gasteiger partial charge in [0, 0.05) is 23.0 Å². The topological polar surface area (TPSA) is 51.2 Å². The third-order valence-corrected chi connectivity index (χ3v) is 5.58. The molecule has 1 heterocycles. The van der Waals surface area contributed by atoms with Crippen LogP contribution in [0, 0.1) is 12.8 Å². The number of pyridine rings is 1. The molecule has 0 unspecified atom stereocenters. The number of para-hydroxylation sites is 1. The zero-order valence-electron chi connectivity index (χ0n) is 19.9. The van der Waals surface area contributed by atoms with Gasteiger partial charge in [0.1, 0.15) is 11.3 Å². The van der Waals surface area contributed by atoms with Crippen molar-refractivity contribution >= 4 is 11.6 Å². The molecule has 2 aromatic carbocycles. The molecule has 32 heavy (non-hydrogen) atoms. The van der Waals surface area contributed by atoms with Crippen LogP contribution in [0.1, 0.15) is 61.3 Å². The Balaban J connectivity index is 2.09. The fraction of sp³-hybridized carbons (Fsp3) is 0.357. The lowest BCUT2D eigenvalue weighted by atomic mass is 10.0. The summed E-state index contributed by atoms with van der Waals surface area (Å²) >= 11 is 0. The minimum Gasteiger partial charge on any atom is -0.493 e. The van der Waals surface area contributed by atoms with E-state index in [1.54, 1.807) is 0 Å². The van der Waals surface area contributed by atoms with Crippen LogP contribution >= 0.6 is 0 Å². The van der Waals surface area contributed by atoms with E-state index in [0.717, 1.165) is 47.3 Å². The smallest absolute Gasteiger partial charge is 0.261 e. The number of benzene rings is 2. The third-order valence-electron chi connectivity index (χ3n) is 5.58. The van der Waals surface area contributed by atoms with Crippen molar-refractivity contribution in [3.63, 3.8) is 0 Å². The van der Waals surface area contributed by atoms with Gasteiger partial charge in [-0.3, -0.25) is 9.78 Å². The monoisotopic (exact) mass is 430 g/mol. The predicted octanol–water partition coefficient (Wildman–Crippen LogP) is 6.86. The average Bonchev–Trinajstić information content (AvgIpc) is 2.79. The van der Waals surface area contributed by atoms with Crippen molar-refractivity contribution in [3.8, 4) is 17.0 Å². The standard InChI is InChI=1S/C28H34N2O2/c1-6-21-14-11-15-22(7-2)26(21)30-28(31)25-24(32-17-16-19(3)4)18-20(5)29-27(25)23-12-9-8-10-13-23/h8-15,18-19H,6-7,16-17H2,1-5H3,(H,30,31). The predicted molar refractivity (Wildman–Crippen MR) is 133 cm³/mol. The molecule has 0 atom stereocenters. The maximum atomic E-state index is 13.7. The number of aryl methyl sites for hydroxylation is 3. The first-order chi connectivity index (χ1) is 15.4. The average molecular weight is 431 g/mol. The Labute approximate surface area is 192 Å². The Hall–Kier alpha value is -3.14. The van der Waals surface area contributed by atoms with Crippen LogP contribution in [0.15, 0.2) is 54.6 Å². The number of rotatable bonds is 9. The molecule has 4 nitrogen and oxygen atoms in total. The number of nitrogens with zero attached hydrogens (tertiary/aromatic N) is 1. The second-order valence-corrected chi connectivity index (χ2v) is 8.49. The largest absolute Gasteiger partial charge is 0.493 e. The maximum absolute atomic E-state index is 13.7. The molecule has 0 aliphatic heterocycles. The number of nitrogens with one attached hydrogen (secondary N) is 1. The number of hydrogen-bond acceptors (Lipinski definition) is 3. The highest BCUT2D eigenvalue weighted by Crippen LogP contribution is 2.32. The van der Waals surface area contributed by atoms with Gasteiger partial charge in [0.25, 0.3) is 5.91 Å². The van der Waals surface area contributed by atoms with E-state index in [1.807, 2.05) is 43.3 Å². The summed E-state index contributed by atoms with van der Waals surface area (Å²) < 4.78 is 6.16. The summed E-state index contributed by atoms with van der Waals surface area (Å²) in [6.45, 7) is 11.0. The summed E-state index contributed by atoms with van der Waals surface area (Å²) in [7, 11) is 0. The fourth-order valence-corrected chi connectivity index (χ4v) is 3.77. The van der Waals surface area contributed by atoms with Gasteiger partial charge in [-0.05, 0) is 43.2 Å². The van der Waals surface area contributed by atoms with Crippen LogP contribution in [0.3, 0.4) is 0 Å².